The third kappa shape index (κ3) is 6.08. The van der Waals surface area contributed by atoms with Crippen molar-refractivity contribution in [2.45, 2.75) is 12.7 Å². The number of hydrogen-bond donors (Lipinski definition) is 2. The van der Waals surface area contributed by atoms with Crippen molar-refractivity contribution in [3.63, 3.8) is 0 Å². The lowest BCUT2D eigenvalue weighted by molar-refractivity contribution is -0.153. The Bertz CT molecular complexity index is 1000. The Balaban J connectivity index is 1.59. The first-order chi connectivity index (χ1) is 14.3. The zero-order chi connectivity index (χ0) is 21.6. The standard InChI is InChI=1S/C21H17F3N2O3S/c22-21(23,24)13-29-15-9-7-14(8-10-15)12-25-19(27)16-4-1-2-5-17(16)26-20(28)18-6-3-11-30-18/h1-11H,12-13H2,(H,25,27)(H,26,28). The van der Waals surface area contributed by atoms with Gasteiger partial charge in [-0.15, -0.1) is 11.3 Å². The highest BCUT2D eigenvalue weighted by atomic mass is 32.1. The van der Waals surface area contributed by atoms with Crippen LogP contribution in [0.2, 0.25) is 0 Å². The van der Waals surface area contributed by atoms with E-state index in [2.05, 4.69) is 15.4 Å². The SMILES string of the molecule is O=C(Nc1ccccc1C(=O)NCc1ccc(OCC(F)(F)F)cc1)c1cccs1. The molecule has 2 N–H and O–H groups in total. The molecule has 3 rings (SSSR count). The van der Waals surface area contributed by atoms with Gasteiger partial charge in [-0.3, -0.25) is 9.59 Å². The minimum Gasteiger partial charge on any atom is -0.484 e. The summed E-state index contributed by atoms with van der Waals surface area (Å²) in [5, 5.41) is 7.24. The maximum Gasteiger partial charge on any atom is 0.422 e. The van der Waals surface area contributed by atoms with Crippen LogP contribution in [-0.4, -0.2) is 24.6 Å². The first kappa shape index (κ1) is 21.4. The molecule has 2 aromatic carbocycles. The maximum atomic E-state index is 12.6. The van der Waals surface area contributed by atoms with Crippen LogP contribution in [0.1, 0.15) is 25.6 Å². The lowest BCUT2D eigenvalue weighted by Crippen LogP contribution is -2.24. The largest absolute Gasteiger partial charge is 0.484 e. The number of carbonyl (C=O) groups is 2. The van der Waals surface area contributed by atoms with E-state index >= 15 is 0 Å². The van der Waals surface area contributed by atoms with Crippen molar-refractivity contribution < 1.29 is 27.5 Å². The van der Waals surface area contributed by atoms with Crippen LogP contribution in [0, 0.1) is 0 Å². The number of hydrogen-bond acceptors (Lipinski definition) is 4. The number of halogens is 3. The van der Waals surface area contributed by atoms with E-state index in [0.717, 1.165) is 0 Å². The number of nitrogens with one attached hydrogen (secondary N) is 2. The van der Waals surface area contributed by atoms with E-state index in [1.165, 1.54) is 23.5 Å². The molecule has 9 heteroatoms. The Morgan fingerprint density at radius 1 is 0.933 bits per heavy atom. The molecule has 0 saturated heterocycles. The summed E-state index contributed by atoms with van der Waals surface area (Å²) in [5.74, 6) is -0.613. The average molecular weight is 434 g/mol. The van der Waals surface area contributed by atoms with Gasteiger partial charge in [-0.1, -0.05) is 30.3 Å². The lowest BCUT2D eigenvalue weighted by atomic mass is 10.1. The number of ether oxygens (including phenoxy) is 1. The fraction of sp³-hybridized carbons (Fsp3) is 0.143. The average Bonchev–Trinajstić information content (AvgIpc) is 3.26. The molecule has 0 saturated carbocycles. The van der Waals surface area contributed by atoms with E-state index in [1.807, 2.05) is 0 Å². The molecule has 156 valence electrons. The minimum atomic E-state index is -4.40. The molecule has 0 fully saturated rings. The van der Waals surface area contributed by atoms with Gasteiger partial charge >= 0.3 is 6.18 Å². The summed E-state index contributed by atoms with van der Waals surface area (Å²) in [6, 6.07) is 16.0. The van der Waals surface area contributed by atoms with Crippen LogP contribution in [0.3, 0.4) is 0 Å². The van der Waals surface area contributed by atoms with Crippen LogP contribution in [0.25, 0.3) is 0 Å². The van der Waals surface area contributed by atoms with Crippen molar-refractivity contribution in [2.75, 3.05) is 11.9 Å². The Hall–Kier alpha value is -3.33. The molecule has 0 unspecified atom stereocenters. The normalized spacial score (nSPS) is 11.0. The molecule has 0 atom stereocenters. The molecule has 1 aromatic heterocycles. The molecule has 0 radical (unpaired) electrons. The second-order valence-corrected chi connectivity index (χ2v) is 7.16. The zero-order valence-electron chi connectivity index (χ0n) is 15.5. The van der Waals surface area contributed by atoms with Gasteiger partial charge in [-0.25, -0.2) is 0 Å². The fourth-order valence-corrected chi connectivity index (χ4v) is 3.15. The summed E-state index contributed by atoms with van der Waals surface area (Å²) < 4.78 is 41.2. The van der Waals surface area contributed by atoms with Gasteiger partial charge in [-0.05, 0) is 41.3 Å². The summed E-state index contributed by atoms with van der Waals surface area (Å²) in [6.07, 6.45) is -4.40. The van der Waals surface area contributed by atoms with Gasteiger partial charge in [0.05, 0.1) is 16.1 Å². The monoisotopic (exact) mass is 434 g/mol. The van der Waals surface area contributed by atoms with Gasteiger partial charge in [0.25, 0.3) is 11.8 Å². The van der Waals surface area contributed by atoms with Crippen molar-refractivity contribution in [1.29, 1.82) is 0 Å². The van der Waals surface area contributed by atoms with E-state index in [1.54, 1.807) is 53.9 Å². The molecule has 0 spiro atoms. The molecule has 0 aliphatic rings. The van der Waals surface area contributed by atoms with Gasteiger partial charge in [0.1, 0.15) is 5.75 Å². The second-order valence-electron chi connectivity index (χ2n) is 6.21. The van der Waals surface area contributed by atoms with E-state index in [-0.39, 0.29) is 18.2 Å². The molecule has 5 nitrogen and oxygen atoms in total. The molecule has 0 bridgehead atoms. The van der Waals surface area contributed by atoms with Gasteiger partial charge < -0.3 is 15.4 Å². The first-order valence-corrected chi connectivity index (χ1v) is 9.70. The summed E-state index contributed by atoms with van der Waals surface area (Å²) >= 11 is 1.29. The number of alkyl halides is 3. The van der Waals surface area contributed by atoms with Gasteiger partial charge in [0.2, 0.25) is 0 Å². The molecule has 0 aliphatic carbocycles. The molecule has 1 heterocycles. The van der Waals surface area contributed by atoms with Crippen molar-refractivity contribution in [1.82, 2.24) is 5.32 Å². The number of para-hydroxylation sites is 1. The highest BCUT2D eigenvalue weighted by Crippen LogP contribution is 2.20. The second kappa shape index (κ2) is 9.45. The Morgan fingerprint density at radius 2 is 1.67 bits per heavy atom. The smallest absolute Gasteiger partial charge is 0.422 e. The number of thiophene rings is 1. The van der Waals surface area contributed by atoms with Gasteiger partial charge in [0, 0.05) is 6.54 Å². The molecule has 3 aromatic rings. The topological polar surface area (TPSA) is 67.4 Å². The van der Waals surface area contributed by atoms with Gasteiger partial charge in [0.15, 0.2) is 6.61 Å². The molecular formula is C21H17F3N2O3S. The van der Waals surface area contributed by atoms with Crippen molar-refractivity contribution in [2.24, 2.45) is 0 Å². The molecule has 2 amide bonds. The predicted molar refractivity (Wildman–Crippen MR) is 108 cm³/mol. The van der Waals surface area contributed by atoms with Crippen molar-refractivity contribution in [3.05, 3.63) is 82.0 Å². The van der Waals surface area contributed by atoms with E-state index in [9.17, 15) is 22.8 Å². The molecule has 30 heavy (non-hydrogen) atoms. The van der Waals surface area contributed by atoms with Crippen LogP contribution in [-0.2, 0) is 6.54 Å². The number of benzene rings is 2. The number of carbonyl (C=O) groups excluding carboxylic acids is 2. The third-order valence-electron chi connectivity index (χ3n) is 3.94. The van der Waals surface area contributed by atoms with Crippen molar-refractivity contribution in [3.8, 4) is 5.75 Å². The zero-order valence-corrected chi connectivity index (χ0v) is 16.3. The summed E-state index contributed by atoms with van der Waals surface area (Å²) in [5.41, 5.74) is 1.36. The Labute approximate surface area is 174 Å². The maximum absolute atomic E-state index is 12.6. The minimum absolute atomic E-state index is 0.0871. The summed E-state index contributed by atoms with van der Waals surface area (Å²) in [7, 11) is 0. The van der Waals surface area contributed by atoms with Crippen LogP contribution in [0.4, 0.5) is 18.9 Å². The quantitative estimate of drug-likeness (QED) is 0.558. The number of anilines is 1. The fourth-order valence-electron chi connectivity index (χ4n) is 2.53. The molecular weight excluding hydrogens is 417 g/mol. The van der Waals surface area contributed by atoms with E-state index < -0.39 is 18.7 Å². The highest BCUT2D eigenvalue weighted by Gasteiger charge is 2.28. The van der Waals surface area contributed by atoms with E-state index in [4.69, 9.17) is 0 Å². The molecule has 0 aliphatic heterocycles. The van der Waals surface area contributed by atoms with Crippen LogP contribution in [0.5, 0.6) is 5.75 Å². The lowest BCUT2D eigenvalue weighted by Gasteiger charge is -2.12. The highest BCUT2D eigenvalue weighted by molar-refractivity contribution is 7.12. The summed E-state index contributed by atoms with van der Waals surface area (Å²) in [4.78, 5) is 25.4. The number of amides is 2. The third-order valence-corrected chi connectivity index (χ3v) is 4.81. The Morgan fingerprint density at radius 3 is 2.33 bits per heavy atom. The number of rotatable bonds is 7. The van der Waals surface area contributed by atoms with Gasteiger partial charge in [-0.2, -0.15) is 13.2 Å². The van der Waals surface area contributed by atoms with E-state index in [0.29, 0.717) is 21.7 Å². The predicted octanol–water partition coefficient (Wildman–Crippen LogP) is 4.87. The summed E-state index contributed by atoms with van der Waals surface area (Å²) in [6.45, 7) is -1.21. The first-order valence-electron chi connectivity index (χ1n) is 8.82. The Kier molecular flexibility index (Phi) is 6.73. The van der Waals surface area contributed by atoms with Crippen LogP contribution in [0.15, 0.2) is 66.0 Å². The van der Waals surface area contributed by atoms with Crippen LogP contribution < -0.4 is 15.4 Å². The van der Waals surface area contributed by atoms with Crippen molar-refractivity contribution >= 4 is 28.8 Å². The van der Waals surface area contributed by atoms with Crippen LogP contribution >= 0.6 is 11.3 Å².